The first kappa shape index (κ1) is 14.1. The summed E-state index contributed by atoms with van der Waals surface area (Å²) in [6, 6.07) is 16.2. The van der Waals surface area contributed by atoms with E-state index in [1.54, 1.807) is 0 Å². The first-order valence-corrected chi connectivity index (χ1v) is 7.01. The SMILES string of the molecule is CCc1ccc(CC)c(OCc2ccccc2C#N)c1. The van der Waals surface area contributed by atoms with E-state index in [0.717, 1.165) is 24.2 Å². The summed E-state index contributed by atoms with van der Waals surface area (Å²) in [5, 5.41) is 9.09. The summed E-state index contributed by atoms with van der Waals surface area (Å²) >= 11 is 0. The lowest BCUT2D eigenvalue weighted by Gasteiger charge is -2.12. The second-order valence-electron chi connectivity index (χ2n) is 4.71. The number of rotatable bonds is 5. The van der Waals surface area contributed by atoms with Gasteiger partial charge in [-0.05, 0) is 36.1 Å². The van der Waals surface area contributed by atoms with Crippen LogP contribution in [-0.4, -0.2) is 0 Å². The molecule has 0 bridgehead atoms. The molecule has 0 aromatic heterocycles. The number of aryl methyl sites for hydroxylation is 2. The van der Waals surface area contributed by atoms with Gasteiger partial charge in [-0.2, -0.15) is 5.26 Å². The molecule has 0 amide bonds. The van der Waals surface area contributed by atoms with Gasteiger partial charge < -0.3 is 4.74 Å². The van der Waals surface area contributed by atoms with Crippen LogP contribution in [0.5, 0.6) is 5.75 Å². The fraction of sp³-hybridized carbons (Fsp3) is 0.278. The van der Waals surface area contributed by atoms with Crippen molar-refractivity contribution in [3.63, 3.8) is 0 Å². The topological polar surface area (TPSA) is 33.0 Å². The van der Waals surface area contributed by atoms with Gasteiger partial charge in [0.15, 0.2) is 0 Å². The average Bonchev–Trinajstić information content (AvgIpc) is 2.52. The van der Waals surface area contributed by atoms with Gasteiger partial charge in [0.05, 0.1) is 11.6 Å². The van der Waals surface area contributed by atoms with Gasteiger partial charge in [0.1, 0.15) is 12.4 Å². The molecule has 2 nitrogen and oxygen atoms in total. The molecule has 20 heavy (non-hydrogen) atoms. The fourth-order valence-corrected chi connectivity index (χ4v) is 2.16. The van der Waals surface area contributed by atoms with Crippen LogP contribution >= 0.6 is 0 Å². The largest absolute Gasteiger partial charge is 0.489 e. The van der Waals surface area contributed by atoms with Crippen molar-refractivity contribution >= 4 is 0 Å². The van der Waals surface area contributed by atoms with Gasteiger partial charge in [0.25, 0.3) is 0 Å². The highest BCUT2D eigenvalue weighted by atomic mass is 16.5. The lowest BCUT2D eigenvalue weighted by atomic mass is 10.1. The second kappa shape index (κ2) is 6.77. The molecular formula is C18H19NO. The molecule has 2 aromatic rings. The highest BCUT2D eigenvalue weighted by Crippen LogP contribution is 2.23. The molecule has 0 radical (unpaired) electrons. The maximum absolute atomic E-state index is 9.09. The van der Waals surface area contributed by atoms with Crippen LogP contribution < -0.4 is 4.74 Å². The Hall–Kier alpha value is -2.27. The van der Waals surface area contributed by atoms with E-state index < -0.39 is 0 Å². The Kier molecular flexibility index (Phi) is 4.79. The molecule has 2 aromatic carbocycles. The van der Waals surface area contributed by atoms with Crippen molar-refractivity contribution in [3.8, 4) is 11.8 Å². The lowest BCUT2D eigenvalue weighted by Crippen LogP contribution is -2.01. The molecule has 0 heterocycles. The molecule has 0 spiro atoms. The molecule has 102 valence electrons. The molecular weight excluding hydrogens is 246 g/mol. The molecule has 2 heteroatoms. The summed E-state index contributed by atoms with van der Waals surface area (Å²) in [6.07, 6.45) is 1.94. The van der Waals surface area contributed by atoms with Crippen molar-refractivity contribution < 1.29 is 4.74 Å². The Morgan fingerprint density at radius 2 is 1.80 bits per heavy atom. The highest BCUT2D eigenvalue weighted by Gasteiger charge is 2.06. The third-order valence-electron chi connectivity index (χ3n) is 3.44. The predicted octanol–water partition coefficient (Wildman–Crippen LogP) is 4.26. The van der Waals surface area contributed by atoms with Crippen LogP contribution in [-0.2, 0) is 19.4 Å². The minimum atomic E-state index is 0.434. The van der Waals surface area contributed by atoms with Crippen LogP contribution in [0, 0.1) is 11.3 Å². The molecule has 0 saturated heterocycles. The Bertz CT molecular complexity index is 626. The zero-order chi connectivity index (χ0) is 14.4. The van der Waals surface area contributed by atoms with Gasteiger partial charge in [0.2, 0.25) is 0 Å². The Morgan fingerprint density at radius 1 is 1.00 bits per heavy atom. The first-order valence-electron chi connectivity index (χ1n) is 7.01. The lowest BCUT2D eigenvalue weighted by molar-refractivity contribution is 0.302. The van der Waals surface area contributed by atoms with Crippen molar-refractivity contribution in [2.75, 3.05) is 0 Å². The molecule has 0 fully saturated rings. The molecule has 2 rings (SSSR count). The van der Waals surface area contributed by atoms with Crippen molar-refractivity contribution in [2.24, 2.45) is 0 Å². The Balaban J connectivity index is 2.20. The van der Waals surface area contributed by atoms with E-state index in [4.69, 9.17) is 10.00 Å². The summed E-state index contributed by atoms with van der Waals surface area (Å²) in [7, 11) is 0. The highest BCUT2D eigenvalue weighted by molar-refractivity contribution is 5.40. The van der Waals surface area contributed by atoms with Crippen LogP contribution in [0.25, 0.3) is 0 Å². The third-order valence-corrected chi connectivity index (χ3v) is 3.44. The van der Waals surface area contributed by atoms with Crippen molar-refractivity contribution in [1.82, 2.24) is 0 Å². The van der Waals surface area contributed by atoms with Crippen molar-refractivity contribution in [2.45, 2.75) is 33.3 Å². The zero-order valence-corrected chi connectivity index (χ0v) is 12.0. The molecule has 0 aliphatic heterocycles. The molecule has 0 aliphatic rings. The van der Waals surface area contributed by atoms with Crippen molar-refractivity contribution in [1.29, 1.82) is 5.26 Å². The standard InChI is InChI=1S/C18H19NO/c1-3-14-9-10-15(4-2)18(11-14)20-13-17-8-6-5-7-16(17)12-19/h5-11H,3-4,13H2,1-2H3. The van der Waals surface area contributed by atoms with E-state index in [1.165, 1.54) is 11.1 Å². The van der Waals surface area contributed by atoms with E-state index in [0.29, 0.717) is 12.2 Å². The normalized spacial score (nSPS) is 10.1. The van der Waals surface area contributed by atoms with Crippen LogP contribution in [0.1, 0.15) is 36.1 Å². The first-order chi connectivity index (χ1) is 9.78. The van der Waals surface area contributed by atoms with Gasteiger partial charge in [-0.3, -0.25) is 0 Å². The van der Waals surface area contributed by atoms with Crippen LogP contribution in [0.4, 0.5) is 0 Å². The Labute approximate surface area is 120 Å². The molecule has 0 atom stereocenters. The summed E-state index contributed by atoms with van der Waals surface area (Å²) < 4.78 is 5.95. The zero-order valence-electron chi connectivity index (χ0n) is 12.0. The molecule has 0 unspecified atom stereocenters. The minimum absolute atomic E-state index is 0.434. The predicted molar refractivity (Wildman–Crippen MR) is 80.7 cm³/mol. The third kappa shape index (κ3) is 3.19. The summed E-state index contributed by atoms with van der Waals surface area (Å²) in [4.78, 5) is 0. The maximum Gasteiger partial charge on any atom is 0.123 e. The number of hydrogen-bond acceptors (Lipinski definition) is 2. The molecule has 0 saturated carbocycles. The van der Waals surface area contributed by atoms with E-state index in [2.05, 4.69) is 38.1 Å². The number of nitriles is 1. The monoisotopic (exact) mass is 265 g/mol. The second-order valence-corrected chi connectivity index (χ2v) is 4.71. The van der Waals surface area contributed by atoms with E-state index in [-0.39, 0.29) is 0 Å². The minimum Gasteiger partial charge on any atom is -0.489 e. The smallest absolute Gasteiger partial charge is 0.123 e. The van der Waals surface area contributed by atoms with Crippen molar-refractivity contribution in [3.05, 3.63) is 64.7 Å². The number of ether oxygens (including phenoxy) is 1. The summed E-state index contributed by atoms with van der Waals surface area (Å²) in [5.41, 5.74) is 4.08. The summed E-state index contributed by atoms with van der Waals surface area (Å²) in [5.74, 6) is 0.930. The van der Waals surface area contributed by atoms with E-state index in [9.17, 15) is 0 Å². The quantitative estimate of drug-likeness (QED) is 0.809. The molecule has 0 aliphatic carbocycles. The van der Waals surface area contributed by atoms with Crippen LogP contribution in [0.2, 0.25) is 0 Å². The maximum atomic E-state index is 9.09. The number of hydrogen-bond donors (Lipinski definition) is 0. The summed E-state index contributed by atoms with van der Waals surface area (Å²) in [6.45, 7) is 4.69. The van der Waals surface area contributed by atoms with Crippen LogP contribution in [0.3, 0.4) is 0 Å². The van der Waals surface area contributed by atoms with E-state index in [1.807, 2.05) is 24.3 Å². The Morgan fingerprint density at radius 3 is 2.50 bits per heavy atom. The van der Waals surface area contributed by atoms with Gasteiger partial charge >= 0.3 is 0 Å². The number of nitrogens with zero attached hydrogens (tertiary/aromatic N) is 1. The van der Waals surface area contributed by atoms with Gasteiger partial charge in [-0.25, -0.2) is 0 Å². The van der Waals surface area contributed by atoms with Gasteiger partial charge in [-0.15, -0.1) is 0 Å². The molecule has 0 N–H and O–H groups in total. The van der Waals surface area contributed by atoms with Gasteiger partial charge in [-0.1, -0.05) is 44.2 Å². The fourth-order valence-electron chi connectivity index (χ4n) is 2.16. The average molecular weight is 265 g/mol. The number of benzene rings is 2. The van der Waals surface area contributed by atoms with Gasteiger partial charge in [0, 0.05) is 5.56 Å². The van der Waals surface area contributed by atoms with Crippen LogP contribution in [0.15, 0.2) is 42.5 Å². The van der Waals surface area contributed by atoms with E-state index >= 15 is 0 Å².